The molecule has 1 aromatic carbocycles. The first kappa shape index (κ1) is 24.1. The van der Waals surface area contributed by atoms with Gasteiger partial charge in [0.2, 0.25) is 0 Å². The second-order valence-corrected chi connectivity index (χ2v) is 7.65. The van der Waals surface area contributed by atoms with Crippen LogP contribution < -0.4 is 0 Å². The Kier molecular flexibility index (Phi) is 12.9. The molecule has 4 heteroatoms. The van der Waals surface area contributed by atoms with E-state index in [1.807, 2.05) is 6.92 Å². The molecule has 1 aromatic rings. The first-order valence-electron chi connectivity index (χ1n) is 10.9. The summed E-state index contributed by atoms with van der Waals surface area (Å²) in [6.07, 6.45) is 18.1. The van der Waals surface area contributed by atoms with E-state index in [4.69, 9.17) is 4.74 Å². The van der Waals surface area contributed by atoms with Crippen molar-refractivity contribution in [2.24, 2.45) is 0 Å². The SMILES string of the molecule is CCCCCCCCCCCCCC(C)OC(=O)/C=C/c1ccc(O)c(O)c1. The van der Waals surface area contributed by atoms with E-state index in [0.29, 0.717) is 5.56 Å². The minimum atomic E-state index is -0.386. The number of aromatic hydroxyl groups is 2. The summed E-state index contributed by atoms with van der Waals surface area (Å²) in [6.45, 7) is 4.18. The fourth-order valence-electron chi connectivity index (χ4n) is 3.20. The molecule has 0 radical (unpaired) electrons. The number of unbranched alkanes of at least 4 members (excludes halogenated alkanes) is 10. The van der Waals surface area contributed by atoms with Crippen molar-refractivity contribution in [2.75, 3.05) is 0 Å². The summed E-state index contributed by atoms with van der Waals surface area (Å²) in [5, 5.41) is 18.7. The zero-order valence-electron chi connectivity index (χ0n) is 17.7. The van der Waals surface area contributed by atoms with E-state index in [2.05, 4.69) is 6.92 Å². The Morgan fingerprint density at radius 3 is 2.07 bits per heavy atom. The Bertz CT molecular complexity index is 580. The average Bonchev–Trinajstić information content (AvgIpc) is 2.67. The predicted octanol–water partition coefficient (Wildman–Crippen LogP) is 6.74. The van der Waals surface area contributed by atoms with Crippen LogP contribution in [0.15, 0.2) is 24.3 Å². The van der Waals surface area contributed by atoms with Crippen molar-refractivity contribution < 1.29 is 19.7 Å². The van der Waals surface area contributed by atoms with Crippen LogP contribution in [0.25, 0.3) is 6.08 Å². The lowest BCUT2D eigenvalue weighted by Gasteiger charge is -2.11. The Hall–Kier alpha value is -1.97. The van der Waals surface area contributed by atoms with Gasteiger partial charge >= 0.3 is 5.97 Å². The molecule has 0 heterocycles. The first-order valence-corrected chi connectivity index (χ1v) is 10.9. The van der Waals surface area contributed by atoms with E-state index in [-0.39, 0.29) is 23.6 Å². The fraction of sp³-hybridized carbons (Fsp3) is 0.625. The lowest BCUT2D eigenvalue weighted by molar-refractivity contribution is -0.142. The van der Waals surface area contributed by atoms with Crippen molar-refractivity contribution in [3.8, 4) is 11.5 Å². The quantitative estimate of drug-likeness (QED) is 0.150. The molecule has 158 valence electrons. The van der Waals surface area contributed by atoms with Gasteiger partial charge in [-0.05, 0) is 43.5 Å². The van der Waals surface area contributed by atoms with Gasteiger partial charge in [0.1, 0.15) is 0 Å². The maximum absolute atomic E-state index is 11.9. The van der Waals surface area contributed by atoms with Crippen LogP contribution in [0, 0.1) is 0 Å². The van der Waals surface area contributed by atoms with Gasteiger partial charge in [-0.15, -0.1) is 0 Å². The van der Waals surface area contributed by atoms with Crippen molar-refractivity contribution in [2.45, 2.75) is 97.0 Å². The van der Waals surface area contributed by atoms with Crippen molar-refractivity contribution in [3.63, 3.8) is 0 Å². The van der Waals surface area contributed by atoms with Gasteiger partial charge in [-0.25, -0.2) is 4.79 Å². The van der Waals surface area contributed by atoms with E-state index < -0.39 is 0 Å². The molecule has 0 saturated heterocycles. The van der Waals surface area contributed by atoms with Crippen LogP contribution in [0.2, 0.25) is 0 Å². The summed E-state index contributed by atoms with van der Waals surface area (Å²) in [5.74, 6) is -0.774. The lowest BCUT2D eigenvalue weighted by Crippen LogP contribution is -2.12. The molecule has 4 nitrogen and oxygen atoms in total. The molecule has 1 rings (SSSR count). The summed E-state index contributed by atoms with van der Waals surface area (Å²) < 4.78 is 5.38. The molecule has 0 bridgehead atoms. The van der Waals surface area contributed by atoms with Gasteiger partial charge in [0.25, 0.3) is 0 Å². The number of esters is 1. The van der Waals surface area contributed by atoms with Gasteiger partial charge in [-0.2, -0.15) is 0 Å². The molecule has 0 fully saturated rings. The number of hydrogen-bond donors (Lipinski definition) is 2. The van der Waals surface area contributed by atoms with Crippen LogP contribution in [0.3, 0.4) is 0 Å². The summed E-state index contributed by atoms with van der Waals surface area (Å²) in [6, 6.07) is 4.40. The molecule has 0 aliphatic heterocycles. The number of rotatable bonds is 15. The van der Waals surface area contributed by atoms with Crippen LogP contribution in [0.4, 0.5) is 0 Å². The monoisotopic (exact) mass is 390 g/mol. The van der Waals surface area contributed by atoms with Crippen LogP contribution in [0.5, 0.6) is 11.5 Å². The molecule has 1 unspecified atom stereocenters. The number of benzene rings is 1. The third-order valence-corrected chi connectivity index (χ3v) is 4.94. The molecule has 1 atom stereocenters. The fourth-order valence-corrected chi connectivity index (χ4v) is 3.20. The zero-order chi connectivity index (χ0) is 20.6. The summed E-state index contributed by atoms with van der Waals surface area (Å²) >= 11 is 0. The van der Waals surface area contributed by atoms with E-state index in [9.17, 15) is 15.0 Å². The molecule has 0 aliphatic carbocycles. The third kappa shape index (κ3) is 11.7. The number of ether oxygens (including phenoxy) is 1. The number of phenolic OH excluding ortho intramolecular Hbond substituents is 2. The summed E-state index contributed by atoms with van der Waals surface area (Å²) in [5.41, 5.74) is 0.630. The highest BCUT2D eigenvalue weighted by Gasteiger charge is 2.07. The van der Waals surface area contributed by atoms with Gasteiger partial charge in [0.15, 0.2) is 11.5 Å². The van der Waals surface area contributed by atoms with Crippen molar-refractivity contribution in [1.82, 2.24) is 0 Å². The number of carbonyl (C=O) groups excluding carboxylic acids is 1. The largest absolute Gasteiger partial charge is 0.504 e. The molecule has 2 N–H and O–H groups in total. The van der Waals surface area contributed by atoms with E-state index in [1.54, 1.807) is 12.1 Å². The van der Waals surface area contributed by atoms with E-state index in [0.717, 1.165) is 12.8 Å². The normalized spacial score (nSPS) is 12.4. The van der Waals surface area contributed by atoms with Gasteiger partial charge in [-0.3, -0.25) is 0 Å². The van der Waals surface area contributed by atoms with E-state index >= 15 is 0 Å². The molecule has 0 spiro atoms. The minimum absolute atomic E-state index is 0.0936. The van der Waals surface area contributed by atoms with Crippen molar-refractivity contribution in [1.29, 1.82) is 0 Å². The first-order chi connectivity index (χ1) is 13.5. The highest BCUT2D eigenvalue weighted by molar-refractivity contribution is 5.87. The zero-order valence-corrected chi connectivity index (χ0v) is 17.7. The van der Waals surface area contributed by atoms with Crippen LogP contribution in [0.1, 0.15) is 96.5 Å². The molecular formula is C24H38O4. The van der Waals surface area contributed by atoms with Gasteiger partial charge in [0, 0.05) is 6.08 Å². The maximum atomic E-state index is 11.9. The number of phenols is 2. The van der Waals surface area contributed by atoms with Crippen LogP contribution in [-0.2, 0) is 9.53 Å². The Morgan fingerprint density at radius 1 is 0.929 bits per heavy atom. The van der Waals surface area contributed by atoms with Crippen LogP contribution in [-0.4, -0.2) is 22.3 Å². The van der Waals surface area contributed by atoms with Gasteiger partial charge in [0.05, 0.1) is 6.10 Å². The van der Waals surface area contributed by atoms with Crippen molar-refractivity contribution in [3.05, 3.63) is 29.8 Å². The molecule has 0 amide bonds. The number of carbonyl (C=O) groups is 1. The molecule has 0 saturated carbocycles. The second kappa shape index (κ2) is 15.0. The van der Waals surface area contributed by atoms with Gasteiger partial charge in [-0.1, -0.05) is 77.2 Å². The Labute approximate surface area is 170 Å². The molecule has 0 aromatic heterocycles. The topological polar surface area (TPSA) is 66.8 Å². The maximum Gasteiger partial charge on any atom is 0.331 e. The highest BCUT2D eigenvalue weighted by Crippen LogP contribution is 2.25. The summed E-state index contributed by atoms with van der Waals surface area (Å²) in [4.78, 5) is 11.9. The number of hydrogen-bond acceptors (Lipinski definition) is 4. The smallest absolute Gasteiger partial charge is 0.331 e. The summed E-state index contributed by atoms with van der Waals surface area (Å²) in [7, 11) is 0. The van der Waals surface area contributed by atoms with Crippen LogP contribution >= 0.6 is 0 Å². The lowest BCUT2D eigenvalue weighted by atomic mass is 10.0. The van der Waals surface area contributed by atoms with E-state index in [1.165, 1.54) is 82.4 Å². The third-order valence-electron chi connectivity index (χ3n) is 4.94. The Morgan fingerprint density at radius 2 is 1.50 bits per heavy atom. The highest BCUT2D eigenvalue weighted by atomic mass is 16.5. The molecule has 28 heavy (non-hydrogen) atoms. The standard InChI is InChI=1S/C24H38O4/c1-3-4-5-6-7-8-9-10-11-12-13-14-20(2)28-24(27)18-16-21-15-17-22(25)23(26)19-21/h15-20,25-26H,3-14H2,1-2H3/b18-16+. The average molecular weight is 391 g/mol. The molecular weight excluding hydrogens is 352 g/mol. The molecule has 0 aliphatic rings. The predicted molar refractivity (Wildman–Crippen MR) is 115 cm³/mol. The van der Waals surface area contributed by atoms with Gasteiger partial charge < -0.3 is 14.9 Å². The minimum Gasteiger partial charge on any atom is -0.504 e. The Balaban J connectivity index is 2.05. The van der Waals surface area contributed by atoms with Crippen molar-refractivity contribution >= 4 is 12.0 Å². The second-order valence-electron chi connectivity index (χ2n) is 7.65.